The molecule has 27 heavy (non-hydrogen) atoms. The lowest BCUT2D eigenvalue weighted by molar-refractivity contribution is 0.0691. The summed E-state index contributed by atoms with van der Waals surface area (Å²) in [5.41, 5.74) is 0.989. The van der Waals surface area contributed by atoms with Crippen LogP contribution in [-0.4, -0.2) is 40.9 Å². The molecule has 2 aromatic carbocycles. The van der Waals surface area contributed by atoms with Gasteiger partial charge in [-0.05, 0) is 43.2 Å². The van der Waals surface area contributed by atoms with Crippen molar-refractivity contribution in [1.29, 1.82) is 0 Å². The van der Waals surface area contributed by atoms with Crippen LogP contribution in [0.25, 0.3) is 0 Å². The molecule has 0 unspecified atom stereocenters. The van der Waals surface area contributed by atoms with Crippen molar-refractivity contribution in [3.05, 3.63) is 65.2 Å². The molecule has 6 heteroatoms. The monoisotopic (exact) mass is 366 g/mol. The van der Waals surface area contributed by atoms with Crippen LogP contribution in [-0.2, 0) is 0 Å². The number of hydrogen-bond acceptors (Lipinski definition) is 3. The van der Waals surface area contributed by atoms with Gasteiger partial charge in [-0.3, -0.25) is 9.59 Å². The zero-order chi connectivity index (χ0) is 19.2. The number of rotatable bonds is 4. The summed E-state index contributed by atoms with van der Waals surface area (Å²) in [7, 11) is 0. The first-order valence-electron chi connectivity index (χ1n) is 9.09. The van der Waals surface area contributed by atoms with Gasteiger partial charge >= 0.3 is 5.97 Å². The van der Waals surface area contributed by atoms with Gasteiger partial charge in [0.1, 0.15) is 0 Å². The van der Waals surface area contributed by atoms with E-state index in [1.807, 2.05) is 4.90 Å². The van der Waals surface area contributed by atoms with Crippen molar-refractivity contribution in [2.75, 3.05) is 18.4 Å². The smallest absolute Gasteiger partial charge is 0.336 e. The fourth-order valence-corrected chi connectivity index (χ4v) is 3.25. The quantitative estimate of drug-likeness (QED) is 0.865. The van der Waals surface area contributed by atoms with Gasteiger partial charge < -0.3 is 15.3 Å². The highest BCUT2D eigenvalue weighted by atomic mass is 16.4. The number of benzene rings is 2. The lowest BCUT2D eigenvalue weighted by Crippen LogP contribution is -2.31. The molecule has 3 rings (SSSR count). The molecular formula is C21H22N2O4. The second-order valence-electron chi connectivity index (χ2n) is 6.59. The molecular weight excluding hydrogens is 344 g/mol. The van der Waals surface area contributed by atoms with Crippen LogP contribution in [0.3, 0.4) is 0 Å². The van der Waals surface area contributed by atoms with E-state index in [9.17, 15) is 19.5 Å². The summed E-state index contributed by atoms with van der Waals surface area (Å²) in [4.78, 5) is 38.4. The molecule has 6 nitrogen and oxygen atoms in total. The van der Waals surface area contributed by atoms with Crippen LogP contribution in [0.1, 0.15) is 56.8 Å². The lowest BCUT2D eigenvalue weighted by Gasteiger charge is -2.20. The SMILES string of the molecule is O=C(O)c1ccccc1C(=O)Nc1cccc(C(=O)N2CCCCCC2)c1. The molecule has 0 radical (unpaired) electrons. The molecule has 0 bridgehead atoms. The first-order valence-corrected chi connectivity index (χ1v) is 9.09. The maximum atomic E-state index is 12.7. The molecule has 0 aromatic heterocycles. The van der Waals surface area contributed by atoms with Crippen LogP contribution in [0, 0.1) is 0 Å². The predicted octanol–water partition coefficient (Wildman–Crippen LogP) is 3.65. The number of carbonyl (C=O) groups excluding carboxylic acids is 2. The summed E-state index contributed by atoms with van der Waals surface area (Å²) >= 11 is 0. The van der Waals surface area contributed by atoms with E-state index in [4.69, 9.17) is 0 Å². The van der Waals surface area contributed by atoms with E-state index in [1.54, 1.807) is 36.4 Å². The molecule has 1 saturated heterocycles. The van der Waals surface area contributed by atoms with Crippen LogP contribution in [0.5, 0.6) is 0 Å². The number of carboxylic acid groups (broad SMARTS) is 1. The summed E-state index contributed by atoms with van der Waals surface area (Å²) < 4.78 is 0. The second-order valence-corrected chi connectivity index (χ2v) is 6.59. The van der Waals surface area contributed by atoms with Crippen LogP contribution >= 0.6 is 0 Å². The molecule has 0 aliphatic carbocycles. The number of nitrogens with zero attached hydrogens (tertiary/aromatic N) is 1. The first-order chi connectivity index (χ1) is 13.1. The molecule has 0 spiro atoms. The van der Waals surface area contributed by atoms with E-state index < -0.39 is 11.9 Å². The highest BCUT2D eigenvalue weighted by molar-refractivity contribution is 6.11. The van der Waals surface area contributed by atoms with Crippen molar-refractivity contribution in [3.8, 4) is 0 Å². The largest absolute Gasteiger partial charge is 0.478 e. The molecule has 0 atom stereocenters. The van der Waals surface area contributed by atoms with Gasteiger partial charge in [-0.15, -0.1) is 0 Å². The summed E-state index contributed by atoms with van der Waals surface area (Å²) in [5, 5.41) is 11.9. The van der Waals surface area contributed by atoms with Crippen molar-refractivity contribution >= 4 is 23.5 Å². The third-order valence-electron chi connectivity index (χ3n) is 4.66. The average Bonchev–Trinajstić information content (AvgIpc) is 2.97. The maximum Gasteiger partial charge on any atom is 0.336 e. The number of nitrogens with one attached hydrogen (secondary N) is 1. The number of amides is 2. The average molecular weight is 366 g/mol. The summed E-state index contributed by atoms with van der Waals surface area (Å²) in [6.45, 7) is 1.50. The molecule has 140 valence electrons. The van der Waals surface area contributed by atoms with Gasteiger partial charge in [0.2, 0.25) is 0 Å². The van der Waals surface area contributed by atoms with Gasteiger partial charge in [-0.25, -0.2) is 4.79 Å². The Morgan fingerprint density at radius 3 is 2.19 bits per heavy atom. The van der Waals surface area contributed by atoms with Gasteiger partial charge in [0.25, 0.3) is 11.8 Å². The Bertz CT molecular complexity index is 855. The number of carboxylic acids is 1. The number of anilines is 1. The minimum atomic E-state index is -1.16. The Hall–Kier alpha value is -3.15. The molecule has 1 fully saturated rings. The Morgan fingerprint density at radius 2 is 1.52 bits per heavy atom. The van der Waals surface area contributed by atoms with E-state index in [0.29, 0.717) is 11.3 Å². The van der Waals surface area contributed by atoms with Crippen molar-refractivity contribution < 1.29 is 19.5 Å². The van der Waals surface area contributed by atoms with Crippen molar-refractivity contribution in [1.82, 2.24) is 4.90 Å². The number of hydrogen-bond donors (Lipinski definition) is 2. The number of likely N-dealkylation sites (tertiary alicyclic amines) is 1. The Kier molecular flexibility index (Phi) is 5.86. The van der Waals surface area contributed by atoms with Crippen LogP contribution in [0.15, 0.2) is 48.5 Å². The summed E-state index contributed by atoms with van der Waals surface area (Å²) in [6.07, 6.45) is 4.30. The fraction of sp³-hybridized carbons (Fsp3) is 0.286. The summed E-state index contributed by atoms with van der Waals surface area (Å²) in [6, 6.07) is 12.8. The van der Waals surface area contributed by atoms with Crippen molar-refractivity contribution in [2.24, 2.45) is 0 Å². The standard InChI is InChI=1S/C21H22N2O4/c24-19(17-10-3-4-11-18(17)21(26)27)22-16-9-7-8-15(14-16)20(25)23-12-5-1-2-6-13-23/h3-4,7-11,14H,1-2,5-6,12-13H2,(H,22,24)(H,26,27). The van der Waals surface area contributed by atoms with Crippen LogP contribution in [0.2, 0.25) is 0 Å². The molecule has 0 saturated carbocycles. The Morgan fingerprint density at radius 1 is 0.852 bits per heavy atom. The molecule has 1 aliphatic rings. The molecule has 2 N–H and O–H groups in total. The van der Waals surface area contributed by atoms with Gasteiger partial charge in [0.05, 0.1) is 11.1 Å². The lowest BCUT2D eigenvalue weighted by atomic mass is 10.1. The normalized spacial score (nSPS) is 14.3. The van der Waals surface area contributed by atoms with E-state index in [-0.39, 0.29) is 17.0 Å². The zero-order valence-corrected chi connectivity index (χ0v) is 15.0. The zero-order valence-electron chi connectivity index (χ0n) is 15.0. The number of aromatic carboxylic acids is 1. The molecule has 1 heterocycles. The Balaban J connectivity index is 1.77. The van der Waals surface area contributed by atoms with Crippen LogP contribution in [0.4, 0.5) is 5.69 Å². The Labute approximate surface area is 157 Å². The fourth-order valence-electron chi connectivity index (χ4n) is 3.25. The van der Waals surface area contributed by atoms with Crippen LogP contribution < -0.4 is 5.32 Å². The molecule has 2 amide bonds. The third kappa shape index (κ3) is 4.53. The highest BCUT2D eigenvalue weighted by Crippen LogP contribution is 2.18. The minimum absolute atomic E-state index is 0.0427. The van der Waals surface area contributed by atoms with Gasteiger partial charge in [0, 0.05) is 24.3 Å². The highest BCUT2D eigenvalue weighted by Gasteiger charge is 2.19. The third-order valence-corrected chi connectivity index (χ3v) is 4.66. The second kappa shape index (κ2) is 8.49. The first kappa shape index (κ1) is 18.6. The van der Waals surface area contributed by atoms with E-state index in [0.717, 1.165) is 38.8 Å². The maximum absolute atomic E-state index is 12.7. The minimum Gasteiger partial charge on any atom is -0.478 e. The van der Waals surface area contributed by atoms with Gasteiger partial charge in [-0.1, -0.05) is 31.0 Å². The molecule has 2 aromatic rings. The van der Waals surface area contributed by atoms with Crippen molar-refractivity contribution in [2.45, 2.75) is 25.7 Å². The van der Waals surface area contributed by atoms with E-state index in [1.165, 1.54) is 12.1 Å². The topological polar surface area (TPSA) is 86.7 Å². The van der Waals surface area contributed by atoms with E-state index in [2.05, 4.69) is 5.32 Å². The molecule has 1 aliphatic heterocycles. The predicted molar refractivity (Wildman–Crippen MR) is 102 cm³/mol. The summed E-state index contributed by atoms with van der Waals surface area (Å²) in [5.74, 6) is -1.72. The van der Waals surface area contributed by atoms with Gasteiger partial charge in [0.15, 0.2) is 0 Å². The van der Waals surface area contributed by atoms with E-state index >= 15 is 0 Å². The number of carbonyl (C=O) groups is 3. The van der Waals surface area contributed by atoms with Crippen molar-refractivity contribution in [3.63, 3.8) is 0 Å². The van der Waals surface area contributed by atoms with Gasteiger partial charge in [-0.2, -0.15) is 0 Å².